The average Bonchev–Trinajstić information content (AvgIpc) is 1.99. The van der Waals surface area contributed by atoms with Gasteiger partial charge in [-0.2, -0.15) is 0 Å². The van der Waals surface area contributed by atoms with Crippen LogP contribution >= 0.6 is 69.6 Å². The highest BCUT2D eigenvalue weighted by Crippen LogP contribution is 2.45. The van der Waals surface area contributed by atoms with E-state index < -0.39 is 7.59 Å². The molecule has 0 unspecified atom stereocenters. The lowest BCUT2D eigenvalue weighted by Gasteiger charge is -2.20. The molecule has 0 N–H and O–H groups in total. The third kappa shape index (κ3) is 3.46. The van der Waals surface area contributed by atoms with E-state index >= 15 is 0 Å². The molecule has 0 amide bonds. The van der Waals surface area contributed by atoms with E-state index in [1.165, 1.54) is 0 Å². The zero-order chi connectivity index (χ0) is 11.9. The summed E-state index contributed by atoms with van der Waals surface area (Å²) in [4.78, 5) is 0. The van der Waals surface area contributed by atoms with Gasteiger partial charge in [-0.3, -0.25) is 0 Å². The number of halogens is 6. The summed E-state index contributed by atoms with van der Waals surface area (Å²) in [5.74, 6) is 0. The zero-order valence-corrected chi connectivity index (χ0v) is 11.7. The first-order valence-corrected chi connectivity index (χ1v) is 6.00. The van der Waals surface area contributed by atoms with Crippen LogP contribution in [0.15, 0.2) is 18.2 Å². The maximum absolute atomic E-state index is 5.75. The quantitative estimate of drug-likeness (QED) is 0.551. The Balaban J connectivity index is 3.37. The zero-order valence-electron chi connectivity index (χ0n) is 7.21. The standard InChI is InChI=1S/C9H5Cl6/c1-5-6(8(10,11)12)3-2-4-7(5)9(13,14)15/h2-4H,1H2. The van der Waals surface area contributed by atoms with Crippen molar-refractivity contribution >= 4 is 69.6 Å². The van der Waals surface area contributed by atoms with Gasteiger partial charge in [0.2, 0.25) is 7.59 Å². The van der Waals surface area contributed by atoms with Crippen molar-refractivity contribution in [3.63, 3.8) is 0 Å². The van der Waals surface area contributed by atoms with Crippen molar-refractivity contribution in [2.75, 3.05) is 0 Å². The van der Waals surface area contributed by atoms with Crippen molar-refractivity contribution in [3.05, 3.63) is 41.8 Å². The van der Waals surface area contributed by atoms with Gasteiger partial charge >= 0.3 is 0 Å². The molecule has 0 atom stereocenters. The van der Waals surface area contributed by atoms with Gasteiger partial charge in [-0.25, -0.2) is 0 Å². The van der Waals surface area contributed by atoms with E-state index in [4.69, 9.17) is 69.6 Å². The van der Waals surface area contributed by atoms with E-state index in [9.17, 15) is 0 Å². The summed E-state index contributed by atoms with van der Waals surface area (Å²) in [6.07, 6.45) is 0. The molecule has 0 saturated carbocycles. The molecule has 1 rings (SSSR count). The summed E-state index contributed by atoms with van der Waals surface area (Å²) in [7, 11) is 0. The molecular formula is C9H5Cl6. The summed E-state index contributed by atoms with van der Waals surface area (Å²) in [6, 6.07) is 4.88. The molecule has 0 saturated heterocycles. The van der Waals surface area contributed by atoms with E-state index in [-0.39, 0.29) is 0 Å². The molecule has 6 heteroatoms. The van der Waals surface area contributed by atoms with Crippen LogP contribution in [-0.2, 0) is 7.59 Å². The van der Waals surface area contributed by atoms with Crippen LogP contribution in [-0.4, -0.2) is 0 Å². The summed E-state index contributed by atoms with van der Waals surface area (Å²) in [6.45, 7) is 3.75. The second kappa shape index (κ2) is 4.68. The van der Waals surface area contributed by atoms with E-state index in [0.29, 0.717) is 16.7 Å². The Morgan fingerprint density at radius 2 is 1.13 bits per heavy atom. The monoisotopic (exact) mass is 323 g/mol. The maximum atomic E-state index is 5.75. The van der Waals surface area contributed by atoms with Gasteiger partial charge in [-0.05, 0) is 12.5 Å². The smallest absolute Gasteiger partial charge is 0.0784 e. The first-order valence-electron chi connectivity index (χ1n) is 3.73. The van der Waals surface area contributed by atoms with Crippen molar-refractivity contribution in [3.8, 4) is 0 Å². The molecule has 0 aliphatic heterocycles. The van der Waals surface area contributed by atoms with Crippen molar-refractivity contribution < 1.29 is 0 Å². The van der Waals surface area contributed by atoms with E-state index in [2.05, 4.69) is 6.92 Å². The Bertz CT molecular complexity index is 328. The number of benzene rings is 1. The fourth-order valence-corrected chi connectivity index (χ4v) is 2.18. The molecular weight excluding hydrogens is 321 g/mol. The Kier molecular flexibility index (Phi) is 4.37. The molecule has 0 heterocycles. The molecule has 83 valence electrons. The molecule has 0 spiro atoms. The van der Waals surface area contributed by atoms with Gasteiger partial charge in [-0.15, -0.1) is 0 Å². The topological polar surface area (TPSA) is 0 Å². The molecule has 0 aliphatic rings. The van der Waals surface area contributed by atoms with Crippen LogP contribution in [0, 0.1) is 6.92 Å². The SMILES string of the molecule is [CH2]c1c(C(Cl)(Cl)Cl)cccc1C(Cl)(Cl)Cl. The Morgan fingerprint density at radius 1 is 0.800 bits per heavy atom. The predicted molar refractivity (Wildman–Crippen MR) is 69.4 cm³/mol. The van der Waals surface area contributed by atoms with Gasteiger partial charge in [0, 0.05) is 11.1 Å². The van der Waals surface area contributed by atoms with Crippen LogP contribution in [0.5, 0.6) is 0 Å². The summed E-state index contributed by atoms with van der Waals surface area (Å²) < 4.78 is -3.16. The average molecular weight is 326 g/mol. The van der Waals surface area contributed by atoms with Gasteiger partial charge < -0.3 is 0 Å². The van der Waals surface area contributed by atoms with Crippen LogP contribution in [0.25, 0.3) is 0 Å². The van der Waals surface area contributed by atoms with Crippen LogP contribution in [0.1, 0.15) is 16.7 Å². The molecule has 15 heavy (non-hydrogen) atoms. The first-order chi connectivity index (χ1) is 6.64. The fraction of sp³-hybridized carbons (Fsp3) is 0.222. The highest BCUT2D eigenvalue weighted by molar-refractivity contribution is 6.67. The largest absolute Gasteiger partial charge is 0.216 e. The molecule has 0 aromatic heterocycles. The Hall–Kier alpha value is 0.960. The lowest BCUT2D eigenvalue weighted by Crippen LogP contribution is -2.10. The highest BCUT2D eigenvalue weighted by Gasteiger charge is 2.31. The van der Waals surface area contributed by atoms with Gasteiger partial charge in [0.05, 0.1) is 0 Å². The molecule has 0 aliphatic carbocycles. The van der Waals surface area contributed by atoms with Crippen molar-refractivity contribution in [2.45, 2.75) is 7.59 Å². The Labute approximate surface area is 118 Å². The van der Waals surface area contributed by atoms with E-state index in [1.54, 1.807) is 18.2 Å². The number of hydrogen-bond acceptors (Lipinski definition) is 0. The highest BCUT2D eigenvalue weighted by atomic mass is 35.6. The van der Waals surface area contributed by atoms with Crippen molar-refractivity contribution in [1.29, 1.82) is 0 Å². The van der Waals surface area contributed by atoms with Crippen LogP contribution in [0.2, 0.25) is 0 Å². The molecule has 0 fully saturated rings. The normalized spacial score (nSPS) is 13.0. The third-order valence-corrected chi connectivity index (χ3v) is 3.01. The molecule has 1 aromatic carbocycles. The van der Waals surface area contributed by atoms with Crippen molar-refractivity contribution in [2.24, 2.45) is 0 Å². The first kappa shape index (κ1) is 14.0. The summed E-state index contributed by atoms with van der Waals surface area (Å²) >= 11 is 34.5. The second-order valence-electron chi connectivity index (χ2n) is 2.83. The van der Waals surface area contributed by atoms with Crippen LogP contribution in [0.4, 0.5) is 0 Å². The van der Waals surface area contributed by atoms with Gasteiger partial charge in [0.15, 0.2) is 0 Å². The minimum atomic E-state index is -1.58. The maximum Gasteiger partial charge on any atom is 0.216 e. The third-order valence-electron chi connectivity index (χ3n) is 1.79. The molecule has 1 radical (unpaired) electrons. The van der Waals surface area contributed by atoms with Crippen LogP contribution in [0.3, 0.4) is 0 Å². The molecule has 0 bridgehead atoms. The predicted octanol–water partition coefficient (Wildman–Crippen LogP) is 5.52. The number of hydrogen-bond donors (Lipinski definition) is 0. The lowest BCUT2D eigenvalue weighted by molar-refractivity contribution is 1.14. The van der Waals surface area contributed by atoms with E-state index in [1.807, 2.05) is 0 Å². The van der Waals surface area contributed by atoms with Gasteiger partial charge in [0.1, 0.15) is 0 Å². The molecule has 0 nitrogen and oxygen atoms in total. The van der Waals surface area contributed by atoms with E-state index in [0.717, 1.165) is 0 Å². The van der Waals surface area contributed by atoms with Gasteiger partial charge in [0.25, 0.3) is 0 Å². The fourth-order valence-electron chi connectivity index (χ4n) is 1.12. The summed E-state index contributed by atoms with van der Waals surface area (Å²) in [5.41, 5.74) is 1.21. The number of rotatable bonds is 0. The second-order valence-corrected chi connectivity index (χ2v) is 7.39. The van der Waals surface area contributed by atoms with Crippen molar-refractivity contribution in [1.82, 2.24) is 0 Å². The lowest BCUT2D eigenvalue weighted by atomic mass is 10.0. The molecule has 1 aromatic rings. The Morgan fingerprint density at radius 3 is 1.40 bits per heavy atom. The minimum Gasteiger partial charge on any atom is -0.0784 e. The number of alkyl halides is 6. The minimum absolute atomic E-state index is 0.399. The van der Waals surface area contributed by atoms with Crippen LogP contribution < -0.4 is 0 Å². The summed E-state index contributed by atoms with van der Waals surface area (Å²) in [5, 5.41) is 0. The van der Waals surface area contributed by atoms with Gasteiger partial charge in [-0.1, -0.05) is 87.8 Å².